The largest absolute Gasteiger partial charge is 0.546 e. The zero-order valence-electron chi connectivity index (χ0n) is 17.9. The van der Waals surface area contributed by atoms with Crippen LogP contribution in [0.15, 0.2) is 54.6 Å². The van der Waals surface area contributed by atoms with Gasteiger partial charge >= 0.3 is 0 Å². The number of benzene rings is 2. The first-order valence-corrected chi connectivity index (χ1v) is 10.9. The summed E-state index contributed by atoms with van der Waals surface area (Å²) in [4.78, 5) is 13.8. The van der Waals surface area contributed by atoms with E-state index in [1.807, 2.05) is 25.1 Å². The molecule has 0 bridgehead atoms. The van der Waals surface area contributed by atoms with Crippen molar-refractivity contribution in [2.24, 2.45) is 0 Å². The molecule has 0 saturated heterocycles. The molecule has 4 rings (SSSR count). The maximum atomic E-state index is 12.3. The van der Waals surface area contributed by atoms with Crippen LogP contribution in [0.2, 0.25) is 0 Å². The van der Waals surface area contributed by atoms with Gasteiger partial charge in [-0.2, -0.15) is 0 Å². The Morgan fingerprint density at radius 2 is 1.91 bits per heavy atom. The number of ether oxygens (including phenoxy) is 2. The fourth-order valence-corrected chi connectivity index (χ4v) is 3.91. The van der Waals surface area contributed by atoms with Crippen LogP contribution in [0.3, 0.4) is 0 Å². The Labute approximate surface area is 188 Å². The normalized spacial score (nSPS) is 13.4. The molecule has 0 spiro atoms. The highest BCUT2D eigenvalue weighted by Gasteiger charge is 2.23. The van der Waals surface area contributed by atoms with Crippen LogP contribution in [-0.4, -0.2) is 45.0 Å². The lowest BCUT2D eigenvalue weighted by Gasteiger charge is -2.19. The molecule has 9 nitrogen and oxygen atoms in total. The van der Waals surface area contributed by atoms with Crippen LogP contribution < -0.4 is 20.1 Å². The van der Waals surface area contributed by atoms with Crippen molar-refractivity contribution in [2.75, 3.05) is 31.5 Å². The lowest BCUT2D eigenvalue weighted by molar-refractivity contribution is 0.0827. The van der Waals surface area contributed by atoms with E-state index < -0.39 is 11.1 Å². The molecule has 0 saturated carbocycles. The Morgan fingerprint density at radius 3 is 2.66 bits per heavy atom. The van der Waals surface area contributed by atoms with E-state index in [0.29, 0.717) is 34.4 Å². The van der Waals surface area contributed by atoms with E-state index in [0.717, 1.165) is 11.1 Å². The number of amides is 1. The summed E-state index contributed by atoms with van der Waals surface area (Å²) in [5.41, 5.74) is 2.85. The second kappa shape index (κ2) is 8.85. The molecule has 2 heterocycles. The summed E-state index contributed by atoms with van der Waals surface area (Å²) in [6.07, 6.45) is 0. The van der Waals surface area contributed by atoms with Gasteiger partial charge in [0, 0.05) is 34.1 Å². The molecule has 32 heavy (non-hydrogen) atoms. The lowest BCUT2D eigenvalue weighted by atomic mass is 10.0. The highest BCUT2D eigenvalue weighted by atomic mass is 32.2. The Hall–Kier alpha value is -3.63. The molecule has 0 radical (unpaired) electrons. The molecule has 2 aromatic carbocycles. The number of carbonyl (C=O) groups excluding carboxylic acids is 1. The van der Waals surface area contributed by atoms with Crippen molar-refractivity contribution >= 4 is 34.4 Å². The molecule has 2 atom stereocenters. The molecule has 1 amide bonds. The van der Waals surface area contributed by atoms with Gasteiger partial charge in [0.15, 0.2) is 22.6 Å². The van der Waals surface area contributed by atoms with E-state index in [9.17, 15) is 9.35 Å². The highest BCUT2D eigenvalue weighted by molar-refractivity contribution is 7.14. The molecule has 1 aromatic heterocycles. The van der Waals surface area contributed by atoms with Gasteiger partial charge in [-0.25, -0.2) is 0 Å². The van der Waals surface area contributed by atoms with Crippen LogP contribution in [-0.2, 0) is 0 Å². The summed E-state index contributed by atoms with van der Waals surface area (Å²) in [5, 5.41) is 6.38. The fourth-order valence-electron chi connectivity index (χ4n) is 3.29. The number of aromatic nitrogens is 2. The molecule has 166 valence electrons. The molecular formula is C22H23N5O4S. The van der Waals surface area contributed by atoms with Gasteiger partial charge in [-0.05, 0) is 42.8 Å². The van der Waals surface area contributed by atoms with E-state index in [-0.39, 0.29) is 18.7 Å². The minimum absolute atomic E-state index is 0.122. The van der Waals surface area contributed by atoms with E-state index in [1.165, 1.54) is 4.90 Å². The summed E-state index contributed by atoms with van der Waals surface area (Å²) < 4.78 is 31.1. The van der Waals surface area contributed by atoms with Crippen molar-refractivity contribution in [3.63, 3.8) is 0 Å². The van der Waals surface area contributed by atoms with Crippen molar-refractivity contribution in [2.45, 2.75) is 13.0 Å². The third kappa shape index (κ3) is 4.51. The van der Waals surface area contributed by atoms with Gasteiger partial charge in [-0.3, -0.25) is 4.79 Å². The zero-order chi connectivity index (χ0) is 22.8. The van der Waals surface area contributed by atoms with Gasteiger partial charge < -0.3 is 29.6 Å². The predicted molar refractivity (Wildman–Crippen MR) is 122 cm³/mol. The minimum Gasteiger partial charge on any atom is -0.546 e. The average Bonchev–Trinajstić information content (AvgIpc) is 3.36. The van der Waals surface area contributed by atoms with Crippen molar-refractivity contribution < 1.29 is 18.8 Å². The van der Waals surface area contributed by atoms with Gasteiger partial charge in [0.1, 0.15) is 0 Å². The topological polar surface area (TPSA) is 112 Å². The SMILES string of the molecule is C=C(C)C(Nc1n[s+]([O-])nc1Nc1cccc(C(=O)N(C)C)c1)c1ccc2c(c1)OCO2. The molecule has 2 N–H and O–H groups in total. The lowest BCUT2D eigenvalue weighted by Crippen LogP contribution is -2.21. The second-order valence-corrected chi connectivity index (χ2v) is 8.38. The Morgan fingerprint density at radius 1 is 1.16 bits per heavy atom. The molecule has 0 aliphatic carbocycles. The van der Waals surface area contributed by atoms with Gasteiger partial charge in [0.2, 0.25) is 18.4 Å². The summed E-state index contributed by atoms with van der Waals surface area (Å²) in [6, 6.07) is 12.3. The van der Waals surface area contributed by atoms with Crippen LogP contribution in [0.5, 0.6) is 11.5 Å². The van der Waals surface area contributed by atoms with Crippen molar-refractivity contribution in [3.05, 3.63) is 65.7 Å². The third-order valence-corrected chi connectivity index (χ3v) is 5.52. The summed E-state index contributed by atoms with van der Waals surface area (Å²) in [5.74, 6) is 1.86. The van der Waals surface area contributed by atoms with Crippen molar-refractivity contribution in [1.82, 2.24) is 13.6 Å². The first-order chi connectivity index (χ1) is 15.3. The number of carbonyl (C=O) groups is 1. The minimum atomic E-state index is -1.76. The summed E-state index contributed by atoms with van der Waals surface area (Å²) in [6.45, 7) is 6.15. The number of fused-ring (bicyclic) bond motifs is 1. The maximum absolute atomic E-state index is 12.3. The van der Waals surface area contributed by atoms with E-state index in [2.05, 4.69) is 26.0 Å². The molecular weight excluding hydrogens is 430 g/mol. The highest BCUT2D eigenvalue weighted by Crippen LogP contribution is 2.37. The number of hydrogen-bond acceptors (Lipinski definition) is 8. The van der Waals surface area contributed by atoms with Crippen LogP contribution in [0.25, 0.3) is 0 Å². The second-order valence-electron chi connectivity index (χ2n) is 7.55. The molecule has 2 unspecified atom stereocenters. The van der Waals surface area contributed by atoms with Crippen LogP contribution in [0.1, 0.15) is 28.9 Å². The van der Waals surface area contributed by atoms with E-state index in [4.69, 9.17) is 9.47 Å². The number of rotatable bonds is 7. The molecule has 1 aliphatic rings. The van der Waals surface area contributed by atoms with Gasteiger partial charge in [0.05, 0.1) is 6.04 Å². The molecule has 0 fully saturated rings. The average molecular weight is 454 g/mol. The number of anilines is 3. The van der Waals surface area contributed by atoms with Crippen LogP contribution >= 0.6 is 11.1 Å². The Bertz CT molecular complexity index is 1180. The molecule has 10 heteroatoms. The first-order valence-electron chi connectivity index (χ1n) is 9.82. The fraction of sp³-hybridized carbons (Fsp3) is 0.227. The monoisotopic (exact) mass is 453 g/mol. The number of nitrogens with zero attached hydrogens (tertiary/aromatic N) is 3. The van der Waals surface area contributed by atoms with E-state index in [1.54, 1.807) is 38.4 Å². The standard InChI is InChI=1S/C22H23N5O4S/c1-13(2)19(14-8-9-17-18(11-14)31-12-30-17)24-21-20(25-32(29)26-21)23-16-7-5-6-15(10-16)22(28)27(3)4/h5-11,19H,1,12H2,2-4H3,(H,23,25)(H,24,26). The molecule has 3 aromatic rings. The van der Waals surface area contributed by atoms with Gasteiger partial charge in [-0.1, -0.05) is 24.3 Å². The van der Waals surface area contributed by atoms with Gasteiger partial charge in [0.25, 0.3) is 5.91 Å². The predicted octanol–water partition coefficient (Wildman–Crippen LogP) is 4.11. The smallest absolute Gasteiger partial charge is 0.253 e. The Balaban J connectivity index is 1.60. The molecule has 1 aliphatic heterocycles. The quantitative estimate of drug-likeness (QED) is 0.406. The third-order valence-electron chi connectivity index (χ3n) is 4.85. The number of nitrogens with one attached hydrogen (secondary N) is 2. The zero-order valence-corrected chi connectivity index (χ0v) is 18.7. The first kappa shape index (κ1) is 21.6. The van der Waals surface area contributed by atoms with Crippen LogP contribution in [0, 0.1) is 0 Å². The van der Waals surface area contributed by atoms with Gasteiger partial charge in [-0.15, -0.1) is 0 Å². The van der Waals surface area contributed by atoms with Crippen molar-refractivity contribution in [1.29, 1.82) is 0 Å². The summed E-state index contributed by atoms with van der Waals surface area (Å²) in [7, 11) is 3.38. The Kier molecular flexibility index (Phi) is 5.97. The maximum Gasteiger partial charge on any atom is 0.253 e. The number of hydrogen-bond donors (Lipinski definition) is 2. The summed E-state index contributed by atoms with van der Waals surface area (Å²) >= 11 is -1.76. The van der Waals surface area contributed by atoms with Crippen LogP contribution in [0.4, 0.5) is 17.3 Å². The van der Waals surface area contributed by atoms with E-state index >= 15 is 0 Å². The van der Waals surface area contributed by atoms with Crippen molar-refractivity contribution in [3.8, 4) is 11.5 Å².